The molecule has 2 atom stereocenters. The molecule has 0 saturated heterocycles. The van der Waals surface area contributed by atoms with Crippen LogP contribution in [-0.4, -0.2) is 12.0 Å². The Morgan fingerprint density at radius 2 is 1.81 bits per heavy atom. The quantitative estimate of drug-likeness (QED) is 0.762. The zero-order valence-corrected chi connectivity index (χ0v) is 17.0. The van der Waals surface area contributed by atoms with Gasteiger partial charge in [-0.2, -0.15) is 0 Å². The number of nitrogens with one attached hydrogen (secondary N) is 1. The van der Waals surface area contributed by atoms with Gasteiger partial charge in [0.1, 0.15) is 5.75 Å². The number of carbonyl (C=O) groups is 1. The second kappa shape index (κ2) is 8.60. The maximum atomic E-state index is 12.7. The molecule has 0 spiro atoms. The topological polar surface area (TPSA) is 38.3 Å². The molecule has 2 aromatic carbocycles. The number of aryl methyl sites for hydroxylation is 4. The SMILES string of the molecule is CCC(NC(=O)C(C)Oc1cc(C)ccc1C)c1ccc2c(c1)CCCC2. The van der Waals surface area contributed by atoms with Gasteiger partial charge in [-0.1, -0.05) is 37.3 Å². The van der Waals surface area contributed by atoms with Gasteiger partial charge in [0.2, 0.25) is 0 Å². The summed E-state index contributed by atoms with van der Waals surface area (Å²) in [7, 11) is 0. The lowest BCUT2D eigenvalue weighted by Gasteiger charge is -2.24. The van der Waals surface area contributed by atoms with Crippen LogP contribution >= 0.6 is 0 Å². The molecule has 144 valence electrons. The van der Waals surface area contributed by atoms with Crippen molar-refractivity contribution in [3.63, 3.8) is 0 Å². The number of hydrogen-bond acceptors (Lipinski definition) is 2. The van der Waals surface area contributed by atoms with Gasteiger partial charge >= 0.3 is 0 Å². The minimum absolute atomic E-state index is 0.0226. The third kappa shape index (κ3) is 4.71. The van der Waals surface area contributed by atoms with Gasteiger partial charge in [0.15, 0.2) is 6.10 Å². The number of carbonyl (C=O) groups excluding carboxylic acids is 1. The molecule has 0 bridgehead atoms. The Bertz CT molecular complexity index is 812. The molecule has 27 heavy (non-hydrogen) atoms. The fourth-order valence-corrected chi connectivity index (χ4v) is 3.76. The number of hydrogen-bond donors (Lipinski definition) is 1. The molecule has 0 fully saturated rings. The molecule has 2 aromatic rings. The molecule has 0 aliphatic heterocycles. The van der Waals surface area contributed by atoms with Gasteiger partial charge < -0.3 is 10.1 Å². The zero-order valence-electron chi connectivity index (χ0n) is 17.0. The Morgan fingerprint density at radius 1 is 1.07 bits per heavy atom. The Hall–Kier alpha value is -2.29. The highest BCUT2D eigenvalue weighted by atomic mass is 16.5. The van der Waals surface area contributed by atoms with Crippen LogP contribution in [0, 0.1) is 13.8 Å². The van der Waals surface area contributed by atoms with Crippen molar-refractivity contribution in [1.82, 2.24) is 5.32 Å². The summed E-state index contributed by atoms with van der Waals surface area (Å²) in [4.78, 5) is 12.7. The Balaban J connectivity index is 1.68. The van der Waals surface area contributed by atoms with Crippen molar-refractivity contribution < 1.29 is 9.53 Å². The molecular formula is C24H31NO2. The zero-order chi connectivity index (χ0) is 19.4. The van der Waals surface area contributed by atoms with E-state index in [1.165, 1.54) is 36.0 Å². The van der Waals surface area contributed by atoms with Crippen molar-refractivity contribution in [2.75, 3.05) is 0 Å². The van der Waals surface area contributed by atoms with E-state index in [1.54, 1.807) is 0 Å². The molecule has 1 N–H and O–H groups in total. The monoisotopic (exact) mass is 365 g/mol. The van der Waals surface area contributed by atoms with Crippen LogP contribution in [0.2, 0.25) is 0 Å². The first-order valence-corrected chi connectivity index (χ1v) is 10.1. The van der Waals surface area contributed by atoms with E-state index in [4.69, 9.17) is 4.74 Å². The fraction of sp³-hybridized carbons (Fsp3) is 0.458. The minimum atomic E-state index is -0.530. The van der Waals surface area contributed by atoms with Crippen molar-refractivity contribution in [2.45, 2.75) is 71.9 Å². The molecule has 0 heterocycles. The van der Waals surface area contributed by atoms with E-state index in [9.17, 15) is 4.79 Å². The van der Waals surface area contributed by atoms with Crippen LogP contribution in [0.5, 0.6) is 5.75 Å². The first-order chi connectivity index (χ1) is 13.0. The molecule has 0 saturated carbocycles. The van der Waals surface area contributed by atoms with Crippen molar-refractivity contribution in [1.29, 1.82) is 0 Å². The summed E-state index contributed by atoms with van der Waals surface area (Å²) in [5.74, 6) is 0.708. The van der Waals surface area contributed by atoms with Crippen LogP contribution in [0.25, 0.3) is 0 Å². The average Bonchev–Trinajstić information content (AvgIpc) is 2.68. The summed E-state index contributed by atoms with van der Waals surface area (Å²) < 4.78 is 5.95. The number of fused-ring (bicyclic) bond motifs is 1. The molecule has 2 unspecified atom stereocenters. The highest BCUT2D eigenvalue weighted by Gasteiger charge is 2.21. The Morgan fingerprint density at radius 3 is 2.56 bits per heavy atom. The summed E-state index contributed by atoms with van der Waals surface area (Å²) >= 11 is 0. The third-order valence-electron chi connectivity index (χ3n) is 5.52. The van der Waals surface area contributed by atoms with E-state index in [0.717, 1.165) is 29.7 Å². The number of benzene rings is 2. The lowest BCUT2D eigenvalue weighted by Crippen LogP contribution is -2.38. The number of ether oxygens (including phenoxy) is 1. The van der Waals surface area contributed by atoms with Gasteiger partial charge in [0.05, 0.1) is 6.04 Å². The van der Waals surface area contributed by atoms with Gasteiger partial charge in [0, 0.05) is 0 Å². The summed E-state index contributed by atoms with van der Waals surface area (Å²) in [6.07, 6.45) is 5.21. The Labute approximate surface area is 163 Å². The highest BCUT2D eigenvalue weighted by Crippen LogP contribution is 2.26. The van der Waals surface area contributed by atoms with E-state index in [0.29, 0.717) is 0 Å². The summed E-state index contributed by atoms with van der Waals surface area (Å²) in [5.41, 5.74) is 6.29. The fourth-order valence-electron chi connectivity index (χ4n) is 3.76. The molecule has 0 aromatic heterocycles. The van der Waals surface area contributed by atoms with Gasteiger partial charge in [0.25, 0.3) is 5.91 Å². The van der Waals surface area contributed by atoms with Gasteiger partial charge in [-0.25, -0.2) is 0 Å². The van der Waals surface area contributed by atoms with Crippen molar-refractivity contribution in [3.8, 4) is 5.75 Å². The molecule has 1 aliphatic carbocycles. The first-order valence-electron chi connectivity index (χ1n) is 10.1. The van der Waals surface area contributed by atoms with E-state index in [1.807, 2.05) is 32.9 Å². The normalized spacial score (nSPS) is 15.6. The summed E-state index contributed by atoms with van der Waals surface area (Å²) in [6.45, 7) is 7.96. The van der Waals surface area contributed by atoms with Crippen LogP contribution in [0.4, 0.5) is 0 Å². The first kappa shape index (κ1) is 19.5. The maximum absolute atomic E-state index is 12.7. The Kier molecular flexibility index (Phi) is 6.20. The van der Waals surface area contributed by atoms with Crippen molar-refractivity contribution in [2.24, 2.45) is 0 Å². The second-order valence-corrected chi connectivity index (χ2v) is 7.73. The molecule has 3 rings (SSSR count). The van der Waals surface area contributed by atoms with Crippen LogP contribution in [0.15, 0.2) is 36.4 Å². The minimum Gasteiger partial charge on any atom is -0.481 e. The van der Waals surface area contributed by atoms with E-state index in [-0.39, 0.29) is 11.9 Å². The van der Waals surface area contributed by atoms with Crippen molar-refractivity contribution >= 4 is 5.91 Å². The van der Waals surface area contributed by atoms with Crippen molar-refractivity contribution in [3.05, 3.63) is 64.2 Å². The van der Waals surface area contributed by atoms with E-state index >= 15 is 0 Å². The van der Waals surface area contributed by atoms with E-state index in [2.05, 4.69) is 36.5 Å². The lowest BCUT2D eigenvalue weighted by molar-refractivity contribution is -0.128. The average molecular weight is 366 g/mol. The molecule has 3 heteroatoms. The van der Waals surface area contributed by atoms with Gasteiger partial charge in [-0.3, -0.25) is 4.79 Å². The highest BCUT2D eigenvalue weighted by molar-refractivity contribution is 5.81. The molecule has 1 amide bonds. The maximum Gasteiger partial charge on any atom is 0.261 e. The van der Waals surface area contributed by atoms with Gasteiger partial charge in [-0.05, 0) is 86.8 Å². The molecule has 1 aliphatic rings. The number of amides is 1. The predicted octanol–water partition coefficient (Wildman–Crippen LogP) is 5.22. The number of rotatable bonds is 6. The smallest absolute Gasteiger partial charge is 0.261 e. The third-order valence-corrected chi connectivity index (χ3v) is 5.52. The van der Waals surface area contributed by atoms with Crippen LogP contribution in [0.1, 0.15) is 67.0 Å². The van der Waals surface area contributed by atoms with Gasteiger partial charge in [-0.15, -0.1) is 0 Å². The molecule has 3 nitrogen and oxygen atoms in total. The lowest BCUT2D eigenvalue weighted by atomic mass is 9.89. The summed E-state index contributed by atoms with van der Waals surface area (Å²) in [6, 6.07) is 12.8. The summed E-state index contributed by atoms with van der Waals surface area (Å²) in [5, 5.41) is 3.18. The standard InChI is InChI=1S/C24H31NO2/c1-5-22(21-13-12-19-8-6-7-9-20(19)15-21)25-24(26)18(4)27-23-14-16(2)10-11-17(23)3/h10-15,18,22H,5-9H2,1-4H3,(H,25,26). The second-order valence-electron chi connectivity index (χ2n) is 7.73. The van der Waals surface area contributed by atoms with Crippen LogP contribution in [-0.2, 0) is 17.6 Å². The van der Waals surface area contributed by atoms with Crippen LogP contribution < -0.4 is 10.1 Å². The predicted molar refractivity (Wildman–Crippen MR) is 110 cm³/mol. The molecular weight excluding hydrogens is 334 g/mol. The molecule has 0 radical (unpaired) electrons. The van der Waals surface area contributed by atoms with E-state index < -0.39 is 6.10 Å². The largest absolute Gasteiger partial charge is 0.481 e. The van der Waals surface area contributed by atoms with Crippen LogP contribution in [0.3, 0.4) is 0 Å².